The second kappa shape index (κ2) is 8.91. The van der Waals surface area contributed by atoms with Gasteiger partial charge in [0, 0.05) is 25.6 Å². The Hall–Kier alpha value is -1.82. The summed E-state index contributed by atoms with van der Waals surface area (Å²) in [6.07, 6.45) is 4.70. The van der Waals surface area contributed by atoms with Crippen molar-refractivity contribution in [2.75, 3.05) is 26.2 Å². The maximum Gasteiger partial charge on any atom is 0.255 e. The van der Waals surface area contributed by atoms with Crippen LogP contribution in [0.4, 0.5) is 0 Å². The maximum absolute atomic E-state index is 12.7. The normalized spacial score (nSPS) is 22.5. The van der Waals surface area contributed by atoms with Gasteiger partial charge in [0.05, 0.1) is 5.56 Å². The summed E-state index contributed by atoms with van der Waals surface area (Å²) in [5, 5.41) is 6.54. The van der Waals surface area contributed by atoms with Gasteiger partial charge < -0.3 is 20.0 Å². The molecule has 2 N–H and O–H groups in total. The lowest BCUT2D eigenvalue weighted by molar-refractivity contribution is -0.133. The van der Waals surface area contributed by atoms with E-state index in [1.165, 1.54) is 12.8 Å². The molecule has 0 spiro atoms. The number of hydrogen-bond donors (Lipinski definition) is 2. The Bertz CT molecular complexity index is 656. The molecule has 1 aromatic heterocycles. The van der Waals surface area contributed by atoms with E-state index in [1.54, 1.807) is 6.07 Å². The molecule has 1 aromatic rings. The lowest BCUT2D eigenvalue weighted by Gasteiger charge is -2.34. The van der Waals surface area contributed by atoms with E-state index in [9.17, 15) is 9.59 Å². The highest BCUT2D eigenvalue weighted by Crippen LogP contribution is 2.24. The molecule has 0 saturated carbocycles. The van der Waals surface area contributed by atoms with E-state index in [0.717, 1.165) is 44.8 Å². The zero-order chi connectivity index (χ0) is 19.4. The van der Waals surface area contributed by atoms with Crippen molar-refractivity contribution < 1.29 is 14.0 Å². The molecule has 3 rings (SSSR count). The Kier molecular flexibility index (Phi) is 6.58. The van der Waals surface area contributed by atoms with E-state index in [1.807, 2.05) is 18.7 Å². The second-order valence-electron chi connectivity index (χ2n) is 8.24. The average Bonchev–Trinajstić information content (AvgIpc) is 3.01. The quantitative estimate of drug-likeness (QED) is 0.830. The molecule has 2 aliphatic heterocycles. The highest BCUT2D eigenvalue weighted by atomic mass is 16.3. The minimum absolute atomic E-state index is 0.0763. The van der Waals surface area contributed by atoms with Crippen LogP contribution in [-0.2, 0) is 4.79 Å². The van der Waals surface area contributed by atoms with E-state index < -0.39 is 0 Å². The van der Waals surface area contributed by atoms with Crippen LogP contribution in [-0.4, -0.2) is 48.9 Å². The van der Waals surface area contributed by atoms with Crippen molar-refractivity contribution in [3.05, 3.63) is 23.2 Å². The van der Waals surface area contributed by atoms with Crippen molar-refractivity contribution in [1.82, 2.24) is 15.5 Å². The molecule has 27 heavy (non-hydrogen) atoms. The van der Waals surface area contributed by atoms with Crippen LogP contribution in [0.3, 0.4) is 0 Å². The van der Waals surface area contributed by atoms with Crippen molar-refractivity contribution >= 4 is 11.8 Å². The predicted octanol–water partition coefficient (Wildman–Crippen LogP) is 2.64. The molecule has 2 saturated heterocycles. The Labute approximate surface area is 162 Å². The summed E-state index contributed by atoms with van der Waals surface area (Å²) in [4.78, 5) is 27.1. The molecule has 3 heterocycles. The summed E-state index contributed by atoms with van der Waals surface area (Å²) in [6.45, 7) is 9.46. The number of carbonyl (C=O) groups excluding carboxylic acids is 2. The lowest BCUT2D eigenvalue weighted by Crippen LogP contribution is -2.47. The first-order valence-electron chi connectivity index (χ1n) is 10.3. The van der Waals surface area contributed by atoms with Crippen LogP contribution >= 0.6 is 0 Å². The third kappa shape index (κ3) is 5.12. The average molecular weight is 376 g/mol. The van der Waals surface area contributed by atoms with E-state index >= 15 is 0 Å². The highest BCUT2D eigenvalue weighted by Gasteiger charge is 2.28. The molecule has 6 heteroatoms. The molecule has 150 valence electrons. The molecule has 0 aliphatic carbocycles. The maximum atomic E-state index is 12.7. The van der Waals surface area contributed by atoms with Crippen LogP contribution in [0.5, 0.6) is 0 Å². The number of nitrogens with one attached hydrogen (secondary N) is 2. The standard InChI is InChI=1S/C21H33N3O3/c1-14(17-5-4-8-22-13-17)11-20(25)24-9-6-18(7-10-24)23-21(26)19-12-15(2)27-16(19)3/h12,14,17-18,22H,4-11,13H2,1-3H3,(H,23,26). The summed E-state index contributed by atoms with van der Waals surface area (Å²) < 4.78 is 5.44. The van der Waals surface area contributed by atoms with Gasteiger partial charge in [-0.25, -0.2) is 0 Å². The Balaban J connectivity index is 1.43. The molecule has 6 nitrogen and oxygen atoms in total. The molecule has 0 aromatic carbocycles. The summed E-state index contributed by atoms with van der Waals surface area (Å²) in [5.74, 6) is 2.63. The van der Waals surface area contributed by atoms with Gasteiger partial charge in [-0.1, -0.05) is 6.92 Å². The second-order valence-corrected chi connectivity index (χ2v) is 8.24. The van der Waals surface area contributed by atoms with E-state index in [2.05, 4.69) is 17.6 Å². The Morgan fingerprint density at radius 1 is 1.30 bits per heavy atom. The van der Waals surface area contributed by atoms with Gasteiger partial charge in [0.25, 0.3) is 5.91 Å². The number of amides is 2. The number of nitrogens with zero attached hydrogens (tertiary/aromatic N) is 1. The molecular weight excluding hydrogens is 342 g/mol. The first-order valence-corrected chi connectivity index (χ1v) is 10.3. The van der Waals surface area contributed by atoms with Crippen molar-refractivity contribution in [1.29, 1.82) is 0 Å². The lowest BCUT2D eigenvalue weighted by atomic mass is 9.85. The molecule has 2 amide bonds. The van der Waals surface area contributed by atoms with Gasteiger partial charge in [-0.3, -0.25) is 9.59 Å². The summed E-state index contributed by atoms with van der Waals surface area (Å²) >= 11 is 0. The fourth-order valence-corrected chi connectivity index (χ4v) is 4.33. The van der Waals surface area contributed by atoms with E-state index in [4.69, 9.17) is 4.42 Å². The summed E-state index contributed by atoms with van der Waals surface area (Å²) in [7, 11) is 0. The van der Waals surface area contributed by atoms with Crippen molar-refractivity contribution in [2.45, 2.75) is 58.9 Å². The van der Waals surface area contributed by atoms with Gasteiger partial charge >= 0.3 is 0 Å². The van der Waals surface area contributed by atoms with Gasteiger partial charge in [-0.05, 0) is 70.5 Å². The van der Waals surface area contributed by atoms with E-state index in [-0.39, 0.29) is 17.9 Å². The first kappa shape index (κ1) is 19.9. The number of hydrogen-bond acceptors (Lipinski definition) is 4. The zero-order valence-corrected chi connectivity index (χ0v) is 16.8. The molecular formula is C21H33N3O3. The number of carbonyl (C=O) groups is 2. The highest BCUT2D eigenvalue weighted by molar-refractivity contribution is 5.95. The zero-order valence-electron chi connectivity index (χ0n) is 16.8. The number of rotatable bonds is 5. The van der Waals surface area contributed by atoms with Crippen LogP contribution in [0.25, 0.3) is 0 Å². The summed E-state index contributed by atoms with van der Waals surface area (Å²) in [6, 6.07) is 1.90. The van der Waals surface area contributed by atoms with Gasteiger partial charge in [-0.2, -0.15) is 0 Å². The largest absolute Gasteiger partial charge is 0.466 e. The molecule has 2 atom stereocenters. The number of piperidine rings is 2. The number of likely N-dealkylation sites (tertiary alicyclic amines) is 1. The fraction of sp³-hybridized carbons (Fsp3) is 0.714. The van der Waals surface area contributed by atoms with Crippen molar-refractivity contribution in [3.63, 3.8) is 0 Å². The van der Waals surface area contributed by atoms with Crippen molar-refractivity contribution in [3.8, 4) is 0 Å². The van der Waals surface area contributed by atoms with E-state index in [0.29, 0.717) is 29.6 Å². The molecule has 2 fully saturated rings. The van der Waals surface area contributed by atoms with Crippen LogP contribution in [0.1, 0.15) is 60.9 Å². The molecule has 0 radical (unpaired) electrons. The topological polar surface area (TPSA) is 74.6 Å². The summed E-state index contributed by atoms with van der Waals surface area (Å²) in [5.41, 5.74) is 0.612. The number of furan rings is 1. The minimum Gasteiger partial charge on any atom is -0.466 e. The van der Waals surface area contributed by atoms with Crippen LogP contribution < -0.4 is 10.6 Å². The van der Waals surface area contributed by atoms with Crippen molar-refractivity contribution in [2.24, 2.45) is 11.8 Å². The first-order chi connectivity index (χ1) is 12.9. The molecule has 0 bridgehead atoms. The SMILES string of the molecule is Cc1cc(C(=O)NC2CCN(C(=O)CC(C)C3CCCNC3)CC2)c(C)o1. The number of aryl methyl sites for hydroxylation is 2. The van der Waals surface area contributed by atoms with Crippen LogP contribution in [0, 0.1) is 25.7 Å². The Morgan fingerprint density at radius 3 is 2.63 bits per heavy atom. The van der Waals surface area contributed by atoms with Crippen LogP contribution in [0.15, 0.2) is 10.5 Å². The van der Waals surface area contributed by atoms with Gasteiger partial charge in [0.15, 0.2) is 0 Å². The smallest absolute Gasteiger partial charge is 0.255 e. The van der Waals surface area contributed by atoms with Gasteiger partial charge in [-0.15, -0.1) is 0 Å². The molecule has 2 unspecified atom stereocenters. The minimum atomic E-state index is -0.0763. The third-order valence-corrected chi connectivity index (χ3v) is 6.10. The molecule has 2 aliphatic rings. The fourth-order valence-electron chi connectivity index (χ4n) is 4.33. The van der Waals surface area contributed by atoms with Gasteiger partial charge in [0.1, 0.15) is 11.5 Å². The Morgan fingerprint density at radius 2 is 2.04 bits per heavy atom. The van der Waals surface area contributed by atoms with Crippen LogP contribution in [0.2, 0.25) is 0 Å². The predicted molar refractivity (Wildman–Crippen MR) is 105 cm³/mol. The third-order valence-electron chi connectivity index (χ3n) is 6.10. The van der Waals surface area contributed by atoms with Gasteiger partial charge in [0.2, 0.25) is 5.91 Å². The monoisotopic (exact) mass is 375 g/mol.